The van der Waals surface area contributed by atoms with Crippen LogP contribution in [-0.4, -0.2) is 22.5 Å². The predicted octanol–water partition coefficient (Wildman–Crippen LogP) is 2.58. The number of aromatic hydroxyl groups is 1. The Morgan fingerprint density at radius 1 is 1.09 bits per heavy atom. The van der Waals surface area contributed by atoms with Crippen LogP contribution >= 0.6 is 23.2 Å². The Bertz CT molecular complexity index is 1050. The molecule has 0 saturated heterocycles. The van der Waals surface area contributed by atoms with E-state index in [9.17, 15) is 18.3 Å². The zero-order chi connectivity index (χ0) is 16.1. The van der Waals surface area contributed by atoms with Crippen LogP contribution in [0.15, 0.2) is 46.2 Å². The van der Waals surface area contributed by atoms with Gasteiger partial charge >= 0.3 is 5.69 Å². The highest BCUT2D eigenvalue weighted by molar-refractivity contribution is 7.90. The first-order valence-corrected chi connectivity index (χ1v) is 8.13. The first-order valence-electron chi connectivity index (χ1n) is 5.94. The fraction of sp³-hybridized carbons (Fsp3) is 0. The third-order valence-electron chi connectivity index (χ3n) is 3.06. The summed E-state index contributed by atoms with van der Waals surface area (Å²) in [7, 11) is -4.23. The number of aromatic amines is 1. The number of hydrogen-bond acceptors (Lipinski definition) is 4. The van der Waals surface area contributed by atoms with Crippen LogP contribution in [0.2, 0.25) is 10.0 Å². The van der Waals surface area contributed by atoms with Crippen molar-refractivity contribution in [1.82, 2.24) is 8.96 Å². The van der Waals surface area contributed by atoms with Crippen LogP contribution in [0.3, 0.4) is 0 Å². The van der Waals surface area contributed by atoms with Crippen molar-refractivity contribution in [2.75, 3.05) is 0 Å². The summed E-state index contributed by atoms with van der Waals surface area (Å²) in [6.07, 6.45) is 0.778. The van der Waals surface area contributed by atoms with Crippen molar-refractivity contribution in [3.05, 3.63) is 57.1 Å². The number of nitrogens with one attached hydrogen (secondary N) is 1. The molecule has 22 heavy (non-hydrogen) atoms. The van der Waals surface area contributed by atoms with Crippen molar-refractivity contribution < 1.29 is 13.5 Å². The Morgan fingerprint density at radius 3 is 2.45 bits per heavy atom. The van der Waals surface area contributed by atoms with Crippen LogP contribution in [-0.2, 0) is 10.0 Å². The number of fused-ring (bicyclic) bond motifs is 1. The smallest absolute Gasteiger partial charge is 0.342 e. The minimum absolute atomic E-state index is 0.0534. The van der Waals surface area contributed by atoms with Crippen molar-refractivity contribution in [2.24, 2.45) is 0 Å². The van der Waals surface area contributed by atoms with E-state index in [1.165, 1.54) is 12.1 Å². The average molecular weight is 359 g/mol. The summed E-state index contributed by atoms with van der Waals surface area (Å²) in [6.45, 7) is 0. The van der Waals surface area contributed by atoms with Gasteiger partial charge in [0.15, 0.2) is 0 Å². The fourth-order valence-electron chi connectivity index (χ4n) is 2.07. The molecule has 9 heteroatoms. The van der Waals surface area contributed by atoms with Gasteiger partial charge < -0.3 is 5.11 Å². The highest BCUT2D eigenvalue weighted by Gasteiger charge is 2.24. The van der Waals surface area contributed by atoms with Gasteiger partial charge in [0.05, 0.1) is 11.2 Å². The third-order valence-corrected chi connectivity index (χ3v) is 5.41. The quantitative estimate of drug-likeness (QED) is 0.736. The van der Waals surface area contributed by atoms with Crippen LogP contribution < -0.4 is 5.69 Å². The number of benzene rings is 2. The second-order valence-electron chi connectivity index (χ2n) is 4.52. The minimum Gasteiger partial charge on any atom is -0.493 e. The maximum Gasteiger partial charge on any atom is 0.342 e. The lowest BCUT2D eigenvalue weighted by atomic mass is 10.1. The number of hydrogen-bond donors (Lipinski definition) is 2. The van der Waals surface area contributed by atoms with Crippen LogP contribution in [0, 0.1) is 0 Å². The van der Waals surface area contributed by atoms with Crippen LogP contribution in [0.1, 0.15) is 0 Å². The molecule has 1 aromatic heterocycles. The van der Waals surface area contributed by atoms with Crippen molar-refractivity contribution in [2.45, 2.75) is 4.90 Å². The van der Waals surface area contributed by atoms with Gasteiger partial charge in [-0.15, -0.1) is 0 Å². The van der Waals surface area contributed by atoms with E-state index in [2.05, 4.69) is 0 Å². The molecule has 0 aliphatic heterocycles. The Kier molecular flexibility index (Phi) is 3.43. The largest absolute Gasteiger partial charge is 0.493 e. The molecule has 0 unspecified atom stereocenters. The molecule has 0 spiro atoms. The number of nitrogens with zero attached hydrogens (tertiary/aromatic N) is 1. The second kappa shape index (κ2) is 5.05. The zero-order valence-electron chi connectivity index (χ0n) is 10.7. The van der Waals surface area contributed by atoms with Gasteiger partial charge in [-0.2, -0.15) is 3.97 Å². The van der Waals surface area contributed by atoms with E-state index in [0.717, 1.165) is 6.20 Å². The van der Waals surface area contributed by atoms with E-state index in [1.807, 2.05) is 4.98 Å². The predicted molar refractivity (Wildman–Crippen MR) is 83.3 cm³/mol. The fourth-order valence-corrected chi connectivity index (χ4v) is 4.01. The molecule has 114 valence electrons. The molecular formula is C13H8Cl2N2O4S. The lowest BCUT2D eigenvalue weighted by Gasteiger charge is -2.08. The van der Waals surface area contributed by atoms with E-state index >= 15 is 0 Å². The molecule has 0 amide bonds. The van der Waals surface area contributed by atoms with Gasteiger partial charge in [-0.05, 0) is 35.0 Å². The summed E-state index contributed by atoms with van der Waals surface area (Å²) < 4.78 is 25.4. The van der Waals surface area contributed by atoms with E-state index in [4.69, 9.17) is 23.2 Å². The van der Waals surface area contributed by atoms with Crippen LogP contribution in [0.4, 0.5) is 0 Å². The molecule has 3 aromatic rings. The van der Waals surface area contributed by atoms with E-state index in [0.29, 0.717) is 19.8 Å². The summed E-state index contributed by atoms with van der Waals surface area (Å²) >= 11 is 11.9. The average Bonchev–Trinajstić information content (AvgIpc) is 2.77. The van der Waals surface area contributed by atoms with E-state index < -0.39 is 21.6 Å². The molecule has 0 saturated carbocycles. The number of halogens is 2. The van der Waals surface area contributed by atoms with Crippen LogP contribution in [0.25, 0.3) is 10.8 Å². The summed E-state index contributed by atoms with van der Waals surface area (Å²) in [5.74, 6) is -0.558. The first kappa shape index (κ1) is 15.0. The summed E-state index contributed by atoms with van der Waals surface area (Å²) in [5.41, 5.74) is -0.982. The highest BCUT2D eigenvalue weighted by atomic mass is 35.5. The molecule has 0 aliphatic carbocycles. The molecule has 3 rings (SSSR count). The Hall–Kier alpha value is -1.96. The van der Waals surface area contributed by atoms with Crippen molar-refractivity contribution in [3.8, 4) is 5.88 Å². The minimum atomic E-state index is -4.23. The molecule has 6 nitrogen and oxygen atoms in total. The second-order valence-corrected chi connectivity index (χ2v) is 7.15. The molecule has 0 bridgehead atoms. The number of imidazole rings is 1. The Morgan fingerprint density at radius 2 is 1.82 bits per heavy atom. The molecule has 2 N–H and O–H groups in total. The summed E-state index contributed by atoms with van der Waals surface area (Å²) in [5, 5.41) is 10.9. The molecule has 0 atom stereocenters. The lowest BCUT2D eigenvalue weighted by molar-refractivity contribution is 0.455. The Labute approximate surface area is 134 Å². The van der Waals surface area contributed by atoms with E-state index in [-0.39, 0.29) is 9.92 Å². The lowest BCUT2D eigenvalue weighted by Crippen LogP contribution is -2.24. The molecule has 0 radical (unpaired) electrons. The van der Waals surface area contributed by atoms with Gasteiger partial charge in [0.1, 0.15) is 4.90 Å². The summed E-state index contributed by atoms with van der Waals surface area (Å²) in [4.78, 5) is 13.3. The molecule has 0 fully saturated rings. The highest BCUT2D eigenvalue weighted by Crippen LogP contribution is 2.30. The molecular weight excluding hydrogens is 351 g/mol. The van der Waals surface area contributed by atoms with Gasteiger partial charge in [-0.25, -0.2) is 13.2 Å². The number of aromatic nitrogens is 2. The van der Waals surface area contributed by atoms with E-state index in [1.54, 1.807) is 18.2 Å². The van der Waals surface area contributed by atoms with Crippen LogP contribution in [0.5, 0.6) is 5.88 Å². The monoisotopic (exact) mass is 358 g/mol. The topological polar surface area (TPSA) is 92.2 Å². The van der Waals surface area contributed by atoms with Gasteiger partial charge in [0.25, 0.3) is 10.0 Å². The standard InChI is InChI=1S/C13H8Cl2N2O4S/c14-9-2-1-7-5-11(10(15)4-8(7)3-9)22(20,21)17-6-12(18)16-13(17)19/h1-6,18H,(H,16,19). The molecule has 1 heterocycles. The number of H-pyrrole nitrogens is 1. The van der Waals surface area contributed by atoms with Gasteiger partial charge in [0.2, 0.25) is 5.88 Å². The van der Waals surface area contributed by atoms with Crippen molar-refractivity contribution >= 4 is 44.0 Å². The summed E-state index contributed by atoms with van der Waals surface area (Å²) in [6, 6.07) is 7.70. The Balaban J connectivity index is 2.29. The van der Waals surface area contributed by atoms with Gasteiger partial charge in [0, 0.05) is 5.02 Å². The molecule has 0 aliphatic rings. The first-order chi connectivity index (χ1) is 10.3. The third kappa shape index (κ3) is 2.37. The van der Waals surface area contributed by atoms with Crippen molar-refractivity contribution in [1.29, 1.82) is 0 Å². The van der Waals surface area contributed by atoms with Gasteiger partial charge in [-0.1, -0.05) is 29.3 Å². The normalized spacial score (nSPS) is 11.9. The maximum atomic E-state index is 12.5. The maximum absolute atomic E-state index is 12.5. The van der Waals surface area contributed by atoms with Gasteiger partial charge in [-0.3, -0.25) is 4.98 Å². The zero-order valence-corrected chi connectivity index (χ0v) is 13.1. The molecule has 2 aromatic carbocycles. The SMILES string of the molecule is O=c1[nH]c(O)cn1S(=O)(=O)c1cc2ccc(Cl)cc2cc1Cl. The van der Waals surface area contributed by atoms with Crippen molar-refractivity contribution in [3.63, 3.8) is 0 Å². The number of rotatable bonds is 2.